The number of rotatable bonds is 1. The van der Waals surface area contributed by atoms with Gasteiger partial charge in [0.05, 0.1) is 5.69 Å². The molecular weight excluding hydrogens is 250 g/mol. The average Bonchev–Trinajstić information content (AvgIpc) is 2.86. The van der Waals surface area contributed by atoms with Gasteiger partial charge in [0.2, 0.25) is 0 Å². The van der Waals surface area contributed by atoms with E-state index < -0.39 is 0 Å². The summed E-state index contributed by atoms with van der Waals surface area (Å²) in [4.78, 5) is 4.41. The number of benzene rings is 2. The van der Waals surface area contributed by atoms with Gasteiger partial charge in [0.1, 0.15) is 0 Å². The van der Waals surface area contributed by atoms with Gasteiger partial charge in [0.25, 0.3) is 0 Å². The van der Waals surface area contributed by atoms with Gasteiger partial charge in [0.15, 0.2) is 0 Å². The highest BCUT2D eigenvalue weighted by atomic mass is 32.1. The molecule has 0 amide bonds. The second kappa shape index (κ2) is 4.18. The van der Waals surface area contributed by atoms with Crippen molar-refractivity contribution in [3.63, 3.8) is 0 Å². The first-order valence-electron chi connectivity index (χ1n) is 6.15. The molecule has 2 aromatic carbocycles. The largest absolute Gasteiger partial charge is 0.256 e. The fraction of sp³-hybridized carbons (Fsp3) is 0. The molecule has 4 aromatic rings. The van der Waals surface area contributed by atoms with Gasteiger partial charge in [0, 0.05) is 31.9 Å². The Labute approximate surface area is 115 Å². The molecule has 2 aromatic heterocycles. The predicted octanol–water partition coefficient (Wildman–Crippen LogP) is 4.92. The third kappa shape index (κ3) is 1.72. The molecule has 0 bridgehead atoms. The lowest BCUT2D eigenvalue weighted by Crippen LogP contribution is -1.80. The normalized spacial score (nSPS) is 11.2. The number of fused-ring (bicyclic) bond motifs is 3. The van der Waals surface area contributed by atoms with Crippen molar-refractivity contribution in [2.45, 2.75) is 0 Å². The van der Waals surface area contributed by atoms with Gasteiger partial charge in [-0.3, -0.25) is 4.98 Å². The molecule has 0 saturated heterocycles. The highest BCUT2D eigenvalue weighted by Crippen LogP contribution is 2.35. The fourth-order valence-electron chi connectivity index (χ4n) is 2.36. The van der Waals surface area contributed by atoms with Gasteiger partial charge < -0.3 is 0 Å². The van der Waals surface area contributed by atoms with E-state index in [1.54, 1.807) is 0 Å². The summed E-state index contributed by atoms with van der Waals surface area (Å²) in [7, 11) is 0. The van der Waals surface area contributed by atoms with Crippen LogP contribution in [0.5, 0.6) is 0 Å². The van der Waals surface area contributed by atoms with Gasteiger partial charge in [-0.2, -0.15) is 0 Å². The van der Waals surface area contributed by atoms with Crippen molar-refractivity contribution < 1.29 is 0 Å². The second-order valence-electron chi connectivity index (χ2n) is 4.45. The lowest BCUT2D eigenvalue weighted by Gasteiger charge is -2.00. The summed E-state index contributed by atoms with van der Waals surface area (Å²) in [5.74, 6) is 0. The molecule has 0 N–H and O–H groups in total. The molecule has 19 heavy (non-hydrogen) atoms. The topological polar surface area (TPSA) is 12.9 Å². The summed E-state index contributed by atoms with van der Waals surface area (Å²) in [5.41, 5.74) is 2.19. The van der Waals surface area contributed by atoms with Crippen molar-refractivity contribution in [2.24, 2.45) is 0 Å². The van der Waals surface area contributed by atoms with Crippen LogP contribution in [0.4, 0.5) is 0 Å². The summed E-state index contributed by atoms with van der Waals surface area (Å²) < 4.78 is 2.59. The Morgan fingerprint density at radius 3 is 2.79 bits per heavy atom. The molecule has 0 atom stereocenters. The first-order chi connectivity index (χ1) is 9.42. The third-order valence-corrected chi connectivity index (χ3v) is 4.39. The Balaban J connectivity index is 1.99. The monoisotopic (exact) mass is 260 g/mol. The summed E-state index contributed by atoms with van der Waals surface area (Å²) in [6, 6.07) is 21.9. The summed E-state index contributed by atoms with van der Waals surface area (Å²) in [6.07, 6.45) is 1.83. The number of pyridine rings is 1. The van der Waals surface area contributed by atoms with Crippen LogP contribution in [-0.4, -0.2) is 4.98 Å². The maximum atomic E-state index is 4.41. The smallest absolute Gasteiger partial charge is 0.0702 e. The van der Waals surface area contributed by atoms with Crippen molar-refractivity contribution in [3.8, 4) is 11.3 Å². The number of hydrogen-bond acceptors (Lipinski definition) is 2. The third-order valence-electron chi connectivity index (χ3n) is 3.28. The van der Waals surface area contributed by atoms with Crippen molar-refractivity contribution in [2.75, 3.05) is 0 Å². The zero-order valence-corrected chi connectivity index (χ0v) is 10.9. The number of thiophene rings is 1. The molecule has 0 aliphatic heterocycles. The van der Waals surface area contributed by atoms with E-state index in [2.05, 4.69) is 41.4 Å². The zero-order valence-electron chi connectivity index (χ0n) is 10.1. The summed E-state index contributed by atoms with van der Waals surface area (Å²) in [5, 5.41) is 2.63. The molecule has 4 rings (SSSR count). The van der Waals surface area contributed by atoms with Crippen LogP contribution in [0.2, 0.25) is 0 Å². The van der Waals surface area contributed by atoms with E-state index in [-0.39, 0.29) is 0 Å². The molecule has 1 radical (unpaired) electrons. The maximum absolute atomic E-state index is 4.41. The first kappa shape index (κ1) is 10.7. The first-order valence-corrected chi connectivity index (χ1v) is 6.97. The summed E-state index contributed by atoms with van der Waals surface area (Å²) >= 11 is 1.81. The standard InChI is InChI=1S/C17H10NS/c1-2-7-16-13(5-1)14-9-8-12(11-17(14)19-16)15-6-3-4-10-18-15/h1,3-11H. The van der Waals surface area contributed by atoms with Crippen molar-refractivity contribution >= 4 is 31.5 Å². The van der Waals surface area contributed by atoms with Crippen molar-refractivity contribution in [1.82, 2.24) is 4.98 Å². The van der Waals surface area contributed by atoms with E-state index in [9.17, 15) is 0 Å². The van der Waals surface area contributed by atoms with Crippen LogP contribution >= 0.6 is 11.3 Å². The van der Waals surface area contributed by atoms with E-state index in [1.165, 1.54) is 25.7 Å². The van der Waals surface area contributed by atoms with E-state index in [0.29, 0.717) is 0 Å². The Morgan fingerprint density at radius 2 is 1.89 bits per heavy atom. The summed E-state index contributed by atoms with van der Waals surface area (Å²) in [6.45, 7) is 0. The van der Waals surface area contributed by atoms with Crippen LogP contribution in [0, 0.1) is 6.07 Å². The lowest BCUT2D eigenvalue weighted by atomic mass is 10.1. The zero-order chi connectivity index (χ0) is 12.7. The molecule has 1 nitrogen and oxygen atoms in total. The molecule has 0 unspecified atom stereocenters. The highest BCUT2D eigenvalue weighted by molar-refractivity contribution is 7.25. The number of aromatic nitrogens is 1. The van der Waals surface area contributed by atoms with E-state index in [1.807, 2.05) is 41.8 Å². The number of nitrogens with zero attached hydrogens (tertiary/aromatic N) is 1. The minimum atomic E-state index is 1.02. The van der Waals surface area contributed by atoms with Gasteiger partial charge in [-0.25, -0.2) is 0 Å². The van der Waals surface area contributed by atoms with Gasteiger partial charge in [-0.15, -0.1) is 11.3 Å². The van der Waals surface area contributed by atoms with E-state index in [4.69, 9.17) is 0 Å². The fourth-order valence-corrected chi connectivity index (χ4v) is 3.49. The minimum absolute atomic E-state index is 1.02. The Bertz CT molecular complexity index is 862. The molecule has 0 spiro atoms. The Kier molecular flexibility index (Phi) is 2.35. The van der Waals surface area contributed by atoms with Crippen molar-refractivity contribution in [1.29, 1.82) is 0 Å². The van der Waals surface area contributed by atoms with E-state index in [0.717, 1.165) is 5.69 Å². The molecular formula is C17H10NS. The second-order valence-corrected chi connectivity index (χ2v) is 5.53. The van der Waals surface area contributed by atoms with Gasteiger partial charge in [-0.1, -0.05) is 30.3 Å². The van der Waals surface area contributed by atoms with E-state index >= 15 is 0 Å². The molecule has 2 heterocycles. The molecule has 0 aliphatic carbocycles. The predicted molar refractivity (Wildman–Crippen MR) is 81.4 cm³/mol. The van der Waals surface area contributed by atoms with Crippen LogP contribution in [0.15, 0.2) is 60.8 Å². The van der Waals surface area contributed by atoms with Crippen LogP contribution in [-0.2, 0) is 0 Å². The molecule has 0 fully saturated rings. The molecule has 0 saturated carbocycles. The van der Waals surface area contributed by atoms with Gasteiger partial charge in [-0.05, 0) is 30.3 Å². The van der Waals surface area contributed by atoms with Crippen LogP contribution in [0.3, 0.4) is 0 Å². The van der Waals surface area contributed by atoms with Gasteiger partial charge >= 0.3 is 0 Å². The van der Waals surface area contributed by atoms with Crippen LogP contribution < -0.4 is 0 Å². The highest BCUT2D eigenvalue weighted by Gasteiger charge is 2.06. The van der Waals surface area contributed by atoms with Crippen LogP contribution in [0.1, 0.15) is 0 Å². The molecule has 89 valence electrons. The quantitative estimate of drug-likeness (QED) is 0.473. The lowest BCUT2D eigenvalue weighted by molar-refractivity contribution is 1.33. The SMILES string of the molecule is [c]1ccc2c(c1)sc1cc(-c3ccccn3)ccc12. The molecule has 0 aliphatic rings. The Morgan fingerprint density at radius 1 is 0.947 bits per heavy atom. The Hall–Kier alpha value is -2.19. The average molecular weight is 260 g/mol. The maximum Gasteiger partial charge on any atom is 0.0702 e. The van der Waals surface area contributed by atoms with Crippen molar-refractivity contribution in [3.05, 3.63) is 66.9 Å². The van der Waals surface area contributed by atoms with Crippen LogP contribution in [0.25, 0.3) is 31.4 Å². The molecule has 2 heteroatoms. The minimum Gasteiger partial charge on any atom is -0.256 e. The number of hydrogen-bond donors (Lipinski definition) is 0.